The number of nitrogens with one attached hydrogen (secondary N) is 1. The van der Waals surface area contributed by atoms with E-state index in [4.69, 9.17) is 9.47 Å². The number of tetrazole rings is 1. The van der Waals surface area contributed by atoms with Gasteiger partial charge in [-0.3, -0.25) is 4.79 Å². The lowest BCUT2D eigenvalue weighted by molar-refractivity contribution is -0.123. The van der Waals surface area contributed by atoms with E-state index >= 15 is 0 Å². The van der Waals surface area contributed by atoms with E-state index in [-0.39, 0.29) is 17.7 Å². The Bertz CT molecular complexity index is 1340. The molecule has 1 N–H and O–H groups in total. The molecule has 2 aromatic carbocycles. The molecule has 2 heterocycles. The van der Waals surface area contributed by atoms with Crippen LogP contribution in [0.25, 0.3) is 16.8 Å². The summed E-state index contributed by atoms with van der Waals surface area (Å²) in [6.45, 7) is 3.35. The number of hydrogen-bond donors (Lipinski definition) is 1. The Morgan fingerprint density at radius 3 is 2.60 bits per heavy atom. The van der Waals surface area contributed by atoms with Gasteiger partial charge in [0.2, 0.25) is 0 Å². The average Bonchev–Trinajstić information content (AvgIpc) is 3.55. The van der Waals surface area contributed by atoms with Gasteiger partial charge in [0.15, 0.2) is 6.10 Å². The van der Waals surface area contributed by atoms with E-state index in [1.807, 2.05) is 30.3 Å². The molecule has 0 aliphatic rings. The maximum Gasteiger partial charge on any atom is 0.341 e. The largest absolute Gasteiger partial charge is 0.462 e. The number of rotatable bonds is 8. The van der Waals surface area contributed by atoms with E-state index in [9.17, 15) is 14.4 Å². The van der Waals surface area contributed by atoms with Gasteiger partial charge in [-0.2, -0.15) is 0 Å². The van der Waals surface area contributed by atoms with Crippen molar-refractivity contribution >= 4 is 34.2 Å². The smallest absolute Gasteiger partial charge is 0.341 e. The van der Waals surface area contributed by atoms with Crippen LogP contribution in [0.4, 0.5) is 5.00 Å². The zero-order valence-corrected chi connectivity index (χ0v) is 19.7. The molecule has 0 saturated carbocycles. The lowest BCUT2D eigenvalue weighted by atomic mass is 10.0. The van der Waals surface area contributed by atoms with Crippen LogP contribution in [0.15, 0.2) is 66.3 Å². The molecule has 178 valence electrons. The number of nitrogens with zero attached hydrogens (tertiary/aromatic N) is 4. The number of benzene rings is 2. The quantitative estimate of drug-likeness (QED) is 0.370. The third-order valence-corrected chi connectivity index (χ3v) is 5.84. The van der Waals surface area contributed by atoms with Crippen LogP contribution in [0.5, 0.6) is 0 Å². The van der Waals surface area contributed by atoms with Crippen LogP contribution in [0.1, 0.15) is 34.6 Å². The van der Waals surface area contributed by atoms with Crippen LogP contribution in [-0.4, -0.2) is 50.8 Å². The summed E-state index contributed by atoms with van der Waals surface area (Å²) in [5.41, 5.74) is 2.51. The van der Waals surface area contributed by atoms with Crippen LogP contribution in [0, 0.1) is 0 Å². The molecule has 2 aromatic heterocycles. The van der Waals surface area contributed by atoms with Crippen molar-refractivity contribution in [2.45, 2.75) is 20.0 Å². The van der Waals surface area contributed by atoms with Gasteiger partial charge in [-0.25, -0.2) is 14.3 Å². The monoisotopic (exact) mass is 491 g/mol. The molecule has 0 aliphatic carbocycles. The van der Waals surface area contributed by atoms with E-state index in [0.717, 1.165) is 5.56 Å². The minimum atomic E-state index is -1.13. The Morgan fingerprint density at radius 1 is 1.09 bits per heavy atom. The fraction of sp³-hybridized carbons (Fsp3) is 0.167. The summed E-state index contributed by atoms with van der Waals surface area (Å²) in [6.07, 6.45) is 0.267. The SMILES string of the molecule is CCOC(=O)c1c(-c2ccccc2)csc1NC(=O)C(C)OC(=O)c1cccc(-n2cnnn2)c1. The summed E-state index contributed by atoms with van der Waals surface area (Å²) in [4.78, 5) is 38.2. The van der Waals surface area contributed by atoms with Gasteiger partial charge in [0, 0.05) is 10.9 Å². The van der Waals surface area contributed by atoms with Gasteiger partial charge in [0.1, 0.15) is 16.9 Å². The van der Waals surface area contributed by atoms with Crippen LogP contribution < -0.4 is 5.32 Å². The van der Waals surface area contributed by atoms with Crippen molar-refractivity contribution in [2.24, 2.45) is 0 Å². The average molecular weight is 492 g/mol. The molecule has 1 amide bonds. The highest BCUT2D eigenvalue weighted by Gasteiger charge is 2.26. The number of amides is 1. The molecule has 1 atom stereocenters. The number of esters is 2. The van der Waals surface area contributed by atoms with E-state index in [1.165, 1.54) is 29.3 Å². The maximum atomic E-state index is 12.8. The zero-order valence-electron chi connectivity index (χ0n) is 18.9. The first-order valence-corrected chi connectivity index (χ1v) is 11.5. The molecule has 0 spiro atoms. The fourth-order valence-corrected chi connectivity index (χ4v) is 4.20. The second-order valence-electron chi connectivity index (χ2n) is 7.28. The molecule has 0 saturated heterocycles. The van der Waals surface area contributed by atoms with Crippen molar-refractivity contribution in [3.05, 3.63) is 77.4 Å². The second kappa shape index (κ2) is 10.7. The highest BCUT2D eigenvalue weighted by atomic mass is 32.1. The summed E-state index contributed by atoms with van der Waals surface area (Å²) in [5.74, 6) is -1.82. The van der Waals surface area contributed by atoms with Gasteiger partial charge in [0.05, 0.1) is 17.9 Å². The maximum absolute atomic E-state index is 12.8. The summed E-state index contributed by atoms with van der Waals surface area (Å²) in [6, 6.07) is 15.8. The highest BCUT2D eigenvalue weighted by Crippen LogP contribution is 2.36. The van der Waals surface area contributed by atoms with Crippen molar-refractivity contribution in [3.8, 4) is 16.8 Å². The Morgan fingerprint density at radius 2 is 1.89 bits per heavy atom. The first-order chi connectivity index (χ1) is 17.0. The number of carbonyl (C=O) groups is 3. The predicted octanol–water partition coefficient (Wildman–Crippen LogP) is 3.75. The Hall–Kier alpha value is -4.38. The molecule has 0 fully saturated rings. The van der Waals surface area contributed by atoms with E-state index in [1.54, 1.807) is 36.6 Å². The van der Waals surface area contributed by atoms with Gasteiger partial charge < -0.3 is 14.8 Å². The molecule has 0 aliphatic heterocycles. The summed E-state index contributed by atoms with van der Waals surface area (Å²) in [5, 5.41) is 15.7. The minimum Gasteiger partial charge on any atom is -0.462 e. The van der Waals surface area contributed by atoms with Crippen molar-refractivity contribution in [1.82, 2.24) is 20.2 Å². The van der Waals surface area contributed by atoms with Crippen LogP contribution in [0.2, 0.25) is 0 Å². The Kier molecular flexibility index (Phi) is 7.27. The number of aromatic nitrogens is 4. The third kappa shape index (κ3) is 5.41. The molecule has 11 heteroatoms. The Balaban J connectivity index is 1.50. The van der Waals surface area contributed by atoms with Crippen LogP contribution in [0.3, 0.4) is 0 Å². The summed E-state index contributed by atoms with van der Waals surface area (Å²) in [7, 11) is 0. The van der Waals surface area contributed by atoms with Gasteiger partial charge in [-0.05, 0) is 48.0 Å². The molecule has 4 rings (SSSR count). The minimum absolute atomic E-state index is 0.189. The third-order valence-electron chi connectivity index (χ3n) is 4.94. The zero-order chi connectivity index (χ0) is 24.8. The number of carbonyl (C=O) groups excluding carboxylic acids is 3. The van der Waals surface area contributed by atoms with Gasteiger partial charge >= 0.3 is 11.9 Å². The van der Waals surface area contributed by atoms with Gasteiger partial charge in [-0.15, -0.1) is 16.4 Å². The van der Waals surface area contributed by atoms with Crippen molar-refractivity contribution in [2.75, 3.05) is 11.9 Å². The number of hydrogen-bond acceptors (Lipinski definition) is 9. The van der Waals surface area contributed by atoms with Crippen molar-refractivity contribution < 1.29 is 23.9 Å². The van der Waals surface area contributed by atoms with Crippen molar-refractivity contribution in [1.29, 1.82) is 0 Å². The normalized spacial score (nSPS) is 11.5. The molecule has 10 nitrogen and oxygen atoms in total. The molecule has 0 bridgehead atoms. The predicted molar refractivity (Wildman–Crippen MR) is 128 cm³/mol. The lowest BCUT2D eigenvalue weighted by Crippen LogP contribution is -2.30. The highest BCUT2D eigenvalue weighted by molar-refractivity contribution is 7.15. The molecule has 0 radical (unpaired) electrons. The number of anilines is 1. The van der Waals surface area contributed by atoms with E-state index in [0.29, 0.717) is 16.3 Å². The molecule has 1 unspecified atom stereocenters. The fourth-order valence-electron chi connectivity index (χ4n) is 3.24. The molecule has 4 aromatic rings. The van der Waals surface area contributed by atoms with Crippen molar-refractivity contribution in [3.63, 3.8) is 0 Å². The Labute approximate surface area is 204 Å². The second-order valence-corrected chi connectivity index (χ2v) is 8.16. The van der Waals surface area contributed by atoms with E-state index < -0.39 is 23.9 Å². The number of thiophene rings is 1. The number of ether oxygens (including phenoxy) is 2. The van der Waals surface area contributed by atoms with Crippen LogP contribution >= 0.6 is 11.3 Å². The first kappa shape index (κ1) is 23.8. The van der Waals surface area contributed by atoms with Crippen LogP contribution in [-0.2, 0) is 14.3 Å². The lowest BCUT2D eigenvalue weighted by Gasteiger charge is -2.14. The molecular formula is C24H21N5O5S. The topological polar surface area (TPSA) is 125 Å². The summed E-state index contributed by atoms with van der Waals surface area (Å²) >= 11 is 1.19. The van der Waals surface area contributed by atoms with Gasteiger partial charge in [-0.1, -0.05) is 36.4 Å². The first-order valence-electron chi connectivity index (χ1n) is 10.7. The molecular weight excluding hydrogens is 470 g/mol. The van der Waals surface area contributed by atoms with Gasteiger partial charge in [0.25, 0.3) is 5.91 Å². The summed E-state index contributed by atoms with van der Waals surface area (Å²) < 4.78 is 12.0. The van der Waals surface area contributed by atoms with E-state index in [2.05, 4.69) is 20.8 Å². The standard InChI is InChI=1S/C24H21N5O5S/c1-3-33-24(32)20-19(16-8-5-4-6-9-16)13-35-22(20)26-21(30)15(2)34-23(31)17-10-7-11-18(12-17)29-14-25-27-28-29/h4-15H,3H2,1-2H3,(H,26,30). The molecule has 35 heavy (non-hydrogen) atoms.